The van der Waals surface area contributed by atoms with Gasteiger partial charge in [-0.15, -0.1) is 0 Å². The Hall–Kier alpha value is -1.51. The van der Waals surface area contributed by atoms with Gasteiger partial charge in [-0.2, -0.15) is 0 Å². The summed E-state index contributed by atoms with van der Waals surface area (Å²) in [4.78, 5) is 13.0. The van der Waals surface area contributed by atoms with Crippen LogP contribution < -0.4 is 4.90 Å². The molecule has 0 radical (unpaired) electrons. The van der Waals surface area contributed by atoms with E-state index < -0.39 is 5.97 Å². The summed E-state index contributed by atoms with van der Waals surface area (Å²) in [5.74, 6) is -0.879. The van der Waals surface area contributed by atoms with Gasteiger partial charge in [0.15, 0.2) is 0 Å². The van der Waals surface area contributed by atoms with Crippen molar-refractivity contribution in [2.45, 2.75) is 13.3 Å². The Morgan fingerprint density at radius 1 is 1.47 bits per heavy atom. The average Bonchev–Trinajstić information content (AvgIpc) is 2.67. The smallest absolute Gasteiger partial charge is 0.308 e. The van der Waals surface area contributed by atoms with Crippen LogP contribution in [0.4, 0.5) is 5.69 Å². The van der Waals surface area contributed by atoms with E-state index in [0.717, 1.165) is 13.0 Å². The number of rotatable bonds is 2. The number of nitrogens with zero attached hydrogens (tertiary/aromatic N) is 1. The largest absolute Gasteiger partial charge is 0.481 e. The molecule has 1 atom stereocenters. The van der Waals surface area contributed by atoms with Crippen molar-refractivity contribution in [2.75, 3.05) is 18.0 Å². The summed E-state index contributed by atoms with van der Waals surface area (Å²) < 4.78 is 0. The van der Waals surface area contributed by atoms with Crippen LogP contribution >= 0.6 is 0 Å². The minimum Gasteiger partial charge on any atom is -0.481 e. The predicted octanol–water partition coefficient (Wildman–Crippen LogP) is 1.91. The molecule has 2 rings (SSSR count). The standard InChI is InChI=1S/C12H15NO2/c1-9-4-2-3-5-11(9)13-7-6-10(8-13)12(14)15/h2-5,10H,6-8H2,1H3,(H,14,15). The molecular formula is C12H15NO2. The van der Waals surface area contributed by atoms with E-state index in [2.05, 4.69) is 24.0 Å². The number of aryl methyl sites for hydroxylation is 1. The second-order valence-electron chi connectivity index (χ2n) is 4.06. The van der Waals surface area contributed by atoms with Crippen molar-refractivity contribution < 1.29 is 9.90 Å². The summed E-state index contributed by atoms with van der Waals surface area (Å²) >= 11 is 0. The zero-order chi connectivity index (χ0) is 10.8. The maximum Gasteiger partial charge on any atom is 0.308 e. The van der Waals surface area contributed by atoms with Gasteiger partial charge >= 0.3 is 5.97 Å². The van der Waals surface area contributed by atoms with Crippen LogP contribution in [0.5, 0.6) is 0 Å². The van der Waals surface area contributed by atoms with E-state index >= 15 is 0 Å². The number of carbonyl (C=O) groups is 1. The van der Waals surface area contributed by atoms with Gasteiger partial charge in [-0.3, -0.25) is 4.79 Å². The van der Waals surface area contributed by atoms with Crippen molar-refractivity contribution in [1.29, 1.82) is 0 Å². The number of anilines is 1. The lowest BCUT2D eigenvalue weighted by molar-refractivity contribution is -0.140. The molecule has 1 unspecified atom stereocenters. The highest BCUT2D eigenvalue weighted by Crippen LogP contribution is 2.26. The molecular weight excluding hydrogens is 190 g/mol. The van der Waals surface area contributed by atoms with Gasteiger partial charge in [0.25, 0.3) is 0 Å². The number of hydrogen-bond donors (Lipinski definition) is 1. The van der Waals surface area contributed by atoms with E-state index in [1.54, 1.807) is 0 Å². The fraction of sp³-hybridized carbons (Fsp3) is 0.417. The van der Waals surface area contributed by atoms with Gasteiger partial charge in [0.05, 0.1) is 5.92 Å². The SMILES string of the molecule is Cc1ccccc1N1CCC(C(=O)O)C1. The highest BCUT2D eigenvalue weighted by Gasteiger charge is 2.28. The maximum absolute atomic E-state index is 10.8. The van der Waals surface area contributed by atoms with Crippen molar-refractivity contribution in [3.63, 3.8) is 0 Å². The molecule has 15 heavy (non-hydrogen) atoms. The monoisotopic (exact) mass is 205 g/mol. The van der Waals surface area contributed by atoms with E-state index in [4.69, 9.17) is 5.11 Å². The van der Waals surface area contributed by atoms with Gasteiger partial charge in [-0.25, -0.2) is 0 Å². The second kappa shape index (κ2) is 3.93. The number of carboxylic acid groups (broad SMARTS) is 1. The maximum atomic E-state index is 10.8. The zero-order valence-corrected chi connectivity index (χ0v) is 8.81. The summed E-state index contributed by atoms with van der Waals surface area (Å²) in [6.07, 6.45) is 0.754. The molecule has 1 heterocycles. The number of para-hydroxylation sites is 1. The molecule has 1 fully saturated rings. The molecule has 0 aliphatic carbocycles. The third-order valence-corrected chi connectivity index (χ3v) is 2.99. The molecule has 0 saturated carbocycles. The van der Waals surface area contributed by atoms with Crippen molar-refractivity contribution in [1.82, 2.24) is 0 Å². The van der Waals surface area contributed by atoms with Crippen molar-refractivity contribution in [3.05, 3.63) is 29.8 Å². The Bertz CT molecular complexity index is 376. The minimum absolute atomic E-state index is 0.204. The van der Waals surface area contributed by atoms with E-state index in [0.29, 0.717) is 6.54 Å². The molecule has 1 aliphatic rings. The van der Waals surface area contributed by atoms with Crippen molar-refractivity contribution in [2.24, 2.45) is 5.92 Å². The van der Waals surface area contributed by atoms with Crippen LogP contribution in [0, 0.1) is 12.8 Å². The van der Waals surface area contributed by atoms with Gasteiger partial charge in [-0.1, -0.05) is 18.2 Å². The molecule has 1 aromatic carbocycles. The number of benzene rings is 1. The molecule has 1 saturated heterocycles. The number of aliphatic carboxylic acids is 1. The lowest BCUT2D eigenvalue weighted by Gasteiger charge is -2.20. The average molecular weight is 205 g/mol. The van der Waals surface area contributed by atoms with Crippen LogP contribution in [0.3, 0.4) is 0 Å². The first-order chi connectivity index (χ1) is 7.18. The summed E-state index contributed by atoms with van der Waals surface area (Å²) in [7, 11) is 0. The molecule has 0 spiro atoms. The fourth-order valence-corrected chi connectivity index (χ4v) is 2.10. The number of hydrogen-bond acceptors (Lipinski definition) is 2. The van der Waals surface area contributed by atoms with Crippen LogP contribution in [0.2, 0.25) is 0 Å². The summed E-state index contributed by atoms with van der Waals surface area (Å²) in [5.41, 5.74) is 2.38. The van der Waals surface area contributed by atoms with E-state index in [9.17, 15) is 4.79 Å². The van der Waals surface area contributed by atoms with Crippen LogP contribution in [0.1, 0.15) is 12.0 Å². The first-order valence-corrected chi connectivity index (χ1v) is 5.22. The molecule has 1 N–H and O–H groups in total. The van der Waals surface area contributed by atoms with Gasteiger partial charge in [0, 0.05) is 18.8 Å². The summed E-state index contributed by atoms with van der Waals surface area (Å²) in [6.45, 7) is 3.55. The molecule has 3 nitrogen and oxygen atoms in total. The van der Waals surface area contributed by atoms with Crippen LogP contribution in [0.15, 0.2) is 24.3 Å². The Kier molecular flexibility index (Phi) is 2.62. The quantitative estimate of drug-likeness (QED) is 0.801. The Morgan fingerprint density at radius 3 is 2.80 bits per heavy atom. The highest BCUT2D eigenvalue weighted by atomic mass is 16.4. The minimum atomic E-state index is -0.675. The molecule has 1 aromatic rings. The number of carboxylic acids is 1. The normalized spacial score (nSPS) is 20.6. The molecule has 1 aliphatic heterocycles. The summed E-state index contributed by atoms with van der Waals surface area (Å²) in [5, 5.41) is 8.92. The summed E-state index contributed by atoms with van der Waals surface area (Å²) in [6, 6.07) is 8.11. The van der Waals surface area contributed by atoms with E-state index in [1.807, 2.05) is 12.1 Å². The second-order valence-corrected chi connectivity index (χ2v) is 4.06. The van der Waals surface area contributed by atoms with Crippen LogP contribution in [-0.4, -0.2) is 24.2 Å². The van der Waals surface area contributed by atoms with Gasteiger partial charge < -0.3 is 10.0 Å². The van der Waals surface area contributed by atoms with E-state index in [-0.39, 0.29) is 5.92 Å². The molecule has 0 aromatic heterocycles. The van der Waals surface area contributed by atoms with Gasteiger partial charge in [0.2, 0.25) is 0 Å². The van der Waals surface area contributed by atoms with Gasteiger partial charge in [0.1, 0.15) is 0 Å². The predicted molar refractivity (Wildman–Crippen MR) is 59.1 cm³/mol. The third kappa shape index (κ3) is 1.96. The Balaban J connectivity index is 2.14. The van der Waals surface area contributed by atoms with Crippen LogP contribution in [0.25, 0.3) is 0 Å². The Labute approximate surface area is 89.3 Å². The van der Waals surface area contributed by atoms with E-state index in [1.165, 1.54) is 11.3 Å². The topological polar surface area (TPSA) is 40.5 Å². The third-order valence-electron chi connectivity index (χ3n) is 2.99. The lowest BCUT2D eigenvalue weighted by Crippen LogP contribution is -2.23. The molecule has 3 heteroatoms. The highest BCUT2D eigenvalue weighted by molar-refractivity contribution is 5.72. The van der Waals surface area contributed by atoms with Crippen molar-refractivity contribution in [3.8, 4) is 0 Å². The Morgan fingerprint density at radius 2 is 2.20 bits per heavy atom. The molecule has 0 bridgehead atoms. The zero-order valence-electron chi connectivity index (χ0n) is 8.81. The fourth-order valence-electron chi connectivity index (χ4n) is 2.10. The first kappa shape index (κ1) is 10.0. The molecule has 80 valence electrons. The van der Waals surface area contributed by atoms with Crippen LogP contribution in [-0.2, 0) is 4.79 Å². The molecule has 0 amide bonds. The van der Waals surface area contributed by atoms with Gasteiger partial charge in [-0.05, 0) is 25.0 Å². The first-order valence-electron chi connectivity index (χ1n) is 5.22. The lowest BCUT2D eigenvalue weighted by atomic mass is 10.1. The van der Waals surface area contributed by atoms with Crippen molar-refractivity contribution >= 4 is 11.7 Å².